The number of hydrogen-bond donors (Lipinski definition) is 5. The summed E-state index contributed by atoms with van der Waals surface area (Å²) in [5.41, 5.74) is -1.34. The number of allylic oxidation sites excluding steroid dienone is 2. The van der Waals surface area contributed by atoms with Gasteiger partial charge in [0.2, 0.25) is 10.9 Å². The van der Waals surface area contributed by atoms with Crippen LogP contribution in [0.2, 0.25) is 0 Å². The number of phenolic OH excluding ortho intramolecular Hbond substituents is 1. The first-order valence-corrected chi connectivity index (χ1v) is 22.8. The Hall–Kier alpha value is -6.01. The minimum atomic E-state index is -1.98. The summed E-state index contributed by atoms with van der Waals surface area (Å²) in [7, 11) is 1.45. The average molecular weight is 927 g/mol. The van der Waals surface area contributed by atoms with Crippen LogP contribution in [0.15, 0.2) is 62.3 Å². The van der Waals surface area contributed by atoms with Gasteiger partial charge in [-0.3, -0.25) is 24.1 Å². The lowest BCUT2D eigenvalue weighted by molar-refractivity contribution is -0.160. The average Bonchev–Trinajstić information content (AvgIpc) is 3.56. The highest BCUT2D eigenvalue weighted by atomic mass is 16.7. The van der Waals surface area contributed by atoms with Crippen LogP contribution in [0.3, 0.4) is 0 Å². The van der Waals surface area contributed by atoms with Crippen LogP contribution in [0, 0.1) is 30.6 Å². The van der Waals surface area contributed by atoms with Crippen molar-refractivity contribution >= 4 is 62.0 Å². The summed E-state index contributed by atoms with van der Waals surface area (Å²) >= 11 is 0. The maximum absolute atomic E-state index is 14.9. The van der Waals surface area contributed by atoms with Crippen LogP contribution in [-0.2, 0) is 23.8 Å². The summed E-state index contributed by atoms with van der Waals surface area (Å²) in [6.07, 6.45) is 4.59. The molecule has 7 rings (SSSR count). The van der Waals surface area contributed by atoms with Crippen LogP contribution in [0.4, 0.5) is 11.4 Å². The van der Waals surface area contributed by atoms with Gasteiger partial charge >= 0.3 is 11.8 Å². The number of amides is 1. The first kappa shape index (κ1) is 48.9. The summed E-state index contributed by atoms with van der Waals surface area (Å²) in [5, 5.41) is 49.3. The topological polar surface area (TPSA) is 231 Å². The lowest BCUT2D eigenvalue weighted by atomic mass is 9.78. The van der Waals surface area contributed by atoms with Crippen molar-refractivity contribution in [1.29, 1.82) is 0 Å². The van der Waals surface area contributed by atoms with Crippen molar-refractivity contribution in [1.82, 2.24) is 9.88 Å². The van der Waals surface area contributed by atoms with E-state index in [1.165, 1.54) is 59.3 Å². The van der Waals surface area contributed by atoms with Gasteiger partial charge in [0.15, 0.2) is 22.4 Å². The fourth-order valence-corrected chi connectivity index (χ4v) is 9.61. The molecule has 1 saturated heterocycles. The molecule has 1 aromatic heterocycles. The van der Waals surface area contributed by atoms with Crippen molar-refractivity contribution in [2.75, 3.05) is 50.1 Å². The monoisotopic (exact) mass is 926 g/mol. The molecule has 0 saturated carbocycles. The molecule has 3 aliphatic heterocycles. The Labute approximate surface area is 387 Å². The second kappa shape index (κ2) is 19.3. The van der Waals surface area contributed by atoms with E-state index in [-0.39, 0.29) is 60.8 Å². The molecule has 0 radical (unpaired) electrons. The third-order valence-electron chi connectivity index (χ3n) is 13.7. The number of phenols is 1. The largest absolute Gasteiger partial charge is 0.507 e. The molecule has 17 heteroatoms. The van der Waals surface area contributed by atoms with E-state index in [2.05, 4.69) is 22.0 Å². The molecule has 5 bridgehead atoms. The van der Waals surface area contributed by atoms with E-state index in [4.69, 9.17) is 28.3 Å². The van der Waals surface area contributed by atoms with E-state index in [1.807, 2.05) is 0 Å². The van der Waals surface area contributed by atoms with E-state index < -0.39 is 88.1 Å². The number of piperazine rings is 1. The van der Waals surface area contributed by atoms with Crippen LogP contribution in [-0.4, -0.2) is 112 Å². The second-order valence-electron chi connectivity index (χ2n) is 18.4. The first-order chi connectivity index (χ1) is 31.7. The number of nitrogens with zero attached hydrogens (tertiary/aromatic N) is 3. The van der Waals surface area contributed by atoms with Crippen LogP contribution < -0.4 is 31.0 Å². The Kier molecular flexibility index (Phi) is 14.1. The number of carbonyl (C=O) groups excluding carboxylic acids is 2. The molecular formula is C50H62N4O13. The molecule has 3 aliphatic rings. The molecule has 0 spiro atoms. The Morgan fingerprint density at radius 2 is 1.66 bits per heavy atom. The maximum atomic E-state index is 14.9. The number of esters is 1. The van der Waals surface area contributed by atoms with Crippen LogP contribution >= 0.6 is 0 Å². The van der Waals surface area contributed by atoms with Gasteiger partial charge in [0.05, 0.1) is 35.2 Å². The molecule has 0 aliphatic carbocycles. The molecule has 17 nitrogen and oxygen atoms in total. The van der Waals surface area contributed by atoms with Crippen molar-refractivity contribution in [2.24, 2.45) is 23.7 Å². The number of nitrogens with one attached hydrogen (secondary N) is 1. The first-order valence-electron chi connectivity index (χ1n) is 22.8. The number of carbonyl (C=O) groups is 2. The Morgan fingerprint density at radius 3 is 2.31 bits per heavy atom. The number of ether oxygens (including phenoxy) is 4. The number of anilines is 2. The Bertz CT molecular complexity index is 2870. The van der Waals surface area contributed by atoms with Gasteiger partial charge in [0.25, 0.3) is 5.91 Å². The summed E-state index contributed by atoms with van der Waals surface area (Å²) in [4.78, 5) is 64.6. The number of fused-ring (bicyclic) bond motifs is 5. The minimum Gasteiger partial charge on any atom is -0.507 e. The standard InChI is InChI=1S/C50H62N4O13/c1-11-16-53-17-19-54(20-18-53)31-22-32(56)38-34(23-31)66-47-39(51-38)35-36-43(59)29(7)46-37(35)48(61)50(9,67-46)64-21-15-33(63-10)26(4)45(65-30(8)55)28(6)42(58)27(5)41(57)24(2)13-12-14-25(3)49(62)52-40(47)44(36)60/h12-15,21-24,26-28,33,41-42,45,57-59,61H,11,16-20H2,1-10H3,(H,52,62)/b13-12-,21-15-,25-14-/t24-,26+,27+,28+,33-,41-,42+,45+,50-/m0/s1. The van der Waals surface area contributed by atoms with Crippen molar-refractivity contribution in [2.45, 2.75) is 98.9 Å². The molecular weight excluding hydrogens is 865 g/mol. The lowest BCUT2D eigenvalue weighted by Crippen LogP contribution is -2.46. The molecule has 360 valence electrons. The highest BCUT2D eigenvalue weighted by molar-refractivity contribution is 6.16. The summed E-state index contributed by atoms with van der Waals surface area (Å²) in [6, 6.07) is 3.15. The van der Waals surface area contributed by atoms with Gasteiger partial charge in [-0.1, -0.05) is 52.8 Å². The summed E-state index contributed by atoms with van der Waals surface area (Å²) in [6.45, 7) is 18.6. The number of aromatic hydroxyl groups is 1. The quantitative estimate of drug-likeness (QED) is 0.0997. The van der Waals surface area contributed by atoms with Gasteiger partial charge in [-0.15, -0.1) is 0 Å². The normalized spacial score (nSPS) is 29.7. The van der Waals surface area contributed by atoms with E-state index in [1.54, 1.807) is 45.9 Å². The smallest absolute Gasteiger partial charge is 0.307 e. The van der Waals surface area contributed by atoms with Crippen LogP contribution in [0.5, 0.6) is 11.5 Å². The number of hydrogen-bond acceptors (Lipinski definition) is 16. The lowest BCUT2D eigenvalue weighted by Gasteiger charge is -2.38. The van der Waals surface area contributed by atoms with Gasteiger partial charge in [0, 0.05) is 105 Å². The van der Waals surface area contributed by atoms with Gasteiger partial charge < -0.3 is 54.0 Å². The fourth-order valence-electron chi connectivity index (χ4n) is 9.61. The highest BCUT2D eigenvalue weighted by Crippen LogP contribution is 2.42. The van der Waals surface area contributed by atoms with Gasteiger partial charge in [-0.05, 0) is 32.9 Å². The summed E-state index contributed by atoms with van der Waals surface area (Å²) in [5.74, 6) is -6.92. The van der Waals surface area contributed by atoms with Gasteiger partial charge in [-0.2, -0.15) is 0 Å². The molecule has 4 aromatic rings. The third-order valence-corrected chi connectivity index (χ3v) is 13.7. The molecule has 1 amide bonds. The molecule has 4 heterocycles. The number of aliphatic hydroxyl groups excluding tert-OH is 3. The SMILES string of the molecule is CCCN1CCN(c2cc(=O)c3nc4c(oc3c2)c2c(=O)c3c(O)c(C)c5c(c34)=C(O)[C@@](C)(O/C=C\[C@H](OC)[C@@H](C)[C@@H](OC(C)=O)[C@H](C)[C@H](O)[C@H](C)[C@@H](O)[C@@H](C)/C=C\C=C(\C)C(=O)N2)O5)CC1. The zero-order chi connectivity index (χ0) is 48.8. The van der Waals surface area contributed by atoms with Crippen LogP contribution in [0.25, 0.3) is 38.7 Å². The second-order valence-corrected chi connectivity index (χ2v) is 18.4. The number of methoxy groups -OCH3 is 1. The van der Waals surface area contributed by atoms with Gasteiger partial charge in [0.1, 0.15) is 28.8 Å². The maximum Gasteiger partial charge on any atom is 0.307 e. The van der Waals surface area contributed by atoms with Crippen molar-refractivity contribution in [3.8, 4) is 11.5 Å². The fraction of sp³-hybridized carbons (Fsp3) is 0.500. The highest BCUT2D eigenvalue weighted by Gasteiger charge is 2.44. The summed E-state index contributed by atoms with van der Waals surface area (Å²) < 4.78 is 30.5. The third kappa shape index (κ3) is 9.09. The van der Waals surface area contributed by atoms with Crippen molar-refractivity contribution < 1.29 is 53.4 Å². The van der Waals surface area contributed by atoms with E-state index in [0.29, 0.717) is 18.8 Å². The van der Waals surface area contributed by atoms with Crippen molar-refractivity contribution in [3.63, 3.8) is 0 Å². The molecule has 1 fully saturated rings. The zero-order valence-corrected chi connectivity index (χ0v) is 39.7. The molecule has 0 unspecified atom stereocenters. The van der Waals surface area contributed by atoms with Crippen LogP contribution in [0.1, 0.15) is 67.4 Å². The number of aliphatic hydroxyl groups is 3. The van der Waals surface area contributed by atoms with Gasteiger partial charge in [-0.25, -0.2) is 4.98 Å². The Morgan fingerprint density at radius 1 is 0.955 bits per heavy atom. The van der Waals surface area contributed by atoms with E-state index in [9.17, 15) is 39.6 Å². The van der Waals surface area contributed by atoms with E-state index >= 15 is 0 Å². The number of rotatable bonds is 5. The predicted molar refractivity (Wildman–Crippen MR) is 254 cm³/mol. The predicted octanol–water partition coefficient (Wildman–Crippen LogP) is 5.09. The molecule has 5 N–H and O–H groups in total. The minimum absolute atomic E-state index is 0.0403. The molecule has 67 heavy (non-hydrogen) atoms. The number of benzene rings is 3. The van der Waals surface area contributed by atoms with E-state index in [0.717, 1.165) is 26.1 Å². The molecule has 3 aromatic carbocycles. The zero-order valence-electron chi connectivity index (χ0n) is 39.7. The molecule has 9 atom stereocenters. The Balaban J connectivity index is 1.46. The van der Waals surface area contributed by atoms with Crippen molar-refractivity contribution in [3.05, 3.63) is 79.5 Å². The number of aromatic nitrogens is 1.